The molecule has 0 unspecified atom stereocenters. The van der Waals surface area contributed by atoms with Gasteiger partial charge in [0.1, 0.15) is 0 Å². The van der Waals surface area contributed by atoms with Crippen LogP contribution in [-0.4, -0.2) is 6.29 Å². The average Bonchev–Trinajstić information content (AvgIpc) is 2.71. The summed E-state index contributed by atoms with van der Waals surface area (Å²) in [4.78, 5) is 9.87. The molecule has 7 nitrogen and oxygen atoms in total. The normalized spacial score (nSPS) is 4.04. The molecule has 0 atom stereocenters. The zero-order chi connectivity index (χ0) is 20.1. The van der Waals surface area contributed by atoms with Crippen LogP contribution in [0.2, 0.25) is 0 Å². The minimum Gasteiger partial charge on any atom is 0 e. The van der Waals surface area contributed by atoms with E-state index in [0.717, 1.165) is 5.56 Å². The van der Waals surface area contributed by atoms with Gasteiger partial charge in [-0.15, -0.1) is 0 Å². The second kappa shape index (κ2) is 80.5. The first-order valence-corrected chi connectivity index (χ1v) is 4.57. The largest absolute Gasteiger partial charge is 0 e. The Morgan fingerprint density at radius 2 is 1.00 bits per heavy atom. The zero-order valence-corrected chi connectivity index (χ0v) is 14.5. The van der Waals surface area contributed by atoms with Crippen molar-refractivity contribution in [2.45, 2.75) is 6.92 Å². The van der Waals surface area contributed by atoms with E-state index in [-0.39, 0.29) is 33.6 Å². The van der Waals surface area contributed by atoms with Crippen LogP contribution >= 0.6 is 0 Å². The smallest absolute Gasteiger partial charge is 0 e. The van der Waals surface area contributed by atoms with Crippen LogP contribution in [0, 0.1) is 58.7 Å². The number of hydrogen-bond donors (Lipinski definition) is 0. The van der Waals surface area contributed by atoms with Crippen molar-refractivity contribution in [3.8, 4) is 11.8 Å². The first-order valence-electron chi connectivity index (χ1n) is 4.57. The number of aldehydes is 1. The molecule has 0 amide bonds. The van der Waals surface area contributed by atoms with E-state index in [1.807, 2.05) is 31.2 Å². The van der Waals surface area contributed by atoms with E-state index >= 15 is 0 Å². The molecule has 0 bridgehead atoms. The molecule has 0 spiro atoms. The summed E-state index contributed by atoms with van der Waals surface area (Å²) in [5.74, 6) is 5.06. The minimum absolute atomic E-state index is 0. The van der Waals surface area contributed by atoms with Gasteiger partial charge >= 0.3 is 67.8 Å². The minimum atomic E-state index is 0. The zero-order valence-electron chi connectivity index (χ0n) is 12.4. The van der Waals surface area contributed by atoms with Crippen molar-refractivity contribution in [1.29, 1.82) is 0 Å². The van der Waals surface area contributed by atoms with E-state index in [0.29, 0.717) is 6.29 Å². The first kappa shape index (κ1) is 49.5. The maximum absolute atomic E-state index is 9.87. The van der Waals surface area contributed by atoms with Crippen LogP contribution < -0.4 is 0 Å². The van der Waals surface area contributed by atoms with E-state index in [1.54, 1.807) is 0 Å². The molecule has 0 fully saturated rings. The summed E-state index contributed by atoms with van der Waals surface area (Å²) >= 11 is 0. The molecule has 0 heterocycles. The second-order valence-corrected chi connectivity index (χ2v) is 2.25. The molecule has 0 aliphatic carbocycles. The Hall–Kier alpha value is -2.10. The summed E-state index contributed by atoms with van der Waals surface area (Å²) in [5.41, 5.74) is 2.07. The third kappa shape index (κ3) is 61.2. The molecule has 132 valence electrons. The molecule has 0 saturated heterocycles. The van der Waals surface area contributed by atoms with Crippen molar-refractivity contribution in [2.75, 3.05) is 0 Å². The molecule has 1 aromatic carbocycles. The molecule has 9 heteroatoms. The Balaban J connectivity index is -0.0000000297. The summed E-state index contributed by atoms with van der Waals surface area (Å²) in [6.07, 6.45) is 0.597. The van der Waals surface area contributed by atoms with Crippen molar-refractivity contribution in [3.05, 3.63) is 75.3 Å². The third-order valence-electron chi connectivity index (χ3n) is 1.33. The molecule has 0 saturated carbocycles. The first-order chi connectivity index (χ1) is 11.3. The van der Waals surface area contributed by atoms with Gasteiger partial charge in [-0.2, -0.15) is 0 Å². The van der Waals surface area contributed by atoms with Gasteiger partial charge in [0.25, 0.3) is 0 Å². The number of hydrogen-bond acceptors (Lipinski definition) is 1. The Morgan fingerprint density at radius 3 is 1.24 bits per heavy atom. The van der Waals surface area contributed by atoms with Crippen LogP contribution in [0.15, 0.2) is 24.3 Å². The molecule has 0 aliphatic rings. The fourth-order valence-electron chi connectivity index (χ4n) is 0.750. The number of rotatable bonds is 0. The summed E-state index contributed by atoms with van der Waals surface area (Å²) in [6.45, 7) is 29.0. The number of aryl methyl sites for hydroxylation is 1. The molecule has 0 aromatic heterocycles. The molecule has 0 N–H and O–H groups in total. The van der Waals surface area contributed by atoms with Crippen LogP contribution in [0.1, 0.15) is 11.1 Å². The summed E-state index contributed by atoms with van der Waals surface area (Å²) in [7, 11) is 0. The van der Waals surface area contributed by atoms with Crippen molar-refractivity contribution >= 4 is 6.29 Å². The molecule has 25 heavy (non-hydrogen) atoms. The van der Waals surface area contributed by atoms with Crippen LogP contribution in [0.25, 0.3) is 0 Å². The SMILES string of the molecule is Cc1ccc(C#CC=O)cc1.[C-]#[O+].[C-]#[O+].[C-]#[O+].[C-]#[O+].[C-]#[O+].[C-]#[O+].[Co].[Co]. The van der Waals surface area contributed by atoms with Gasteiger partial charge in [0.15, 0.2) is 6.29 Å². The fourth-order valence-corrected chi connectivity index (χ4v) is 0.750. The van der Waals surface area contributed by atoms with Gasteiger partial charge in [-0.25, -0.2) is 0 Å². The summed E-state index contributed by atoms with van der Waals surface area (Å²) < 4.78 is 45.0. The Morgan fingerprint density at radius 1 is 0.720 bits per heavy atom. The van der Waals surface area contributed by atoms with Gasteiger partial charge < -0.3 is 0 Å². The average molecular weight is 430 g/mol. The summed E-state index contributed by atoms with van der Waals surface area (Å²) in [6, 6.07) is 7.72. The molecule has 0 aliphatic heterocycles. The van der Waals surface area contributed by atoms with Gasteiger partial charge in [-0.3, -0.25) is 4.79 Å². The van der Waals surface area contributed by atoms with E-state index in [1.165, 1.54) is 5.56 Å². The van der Waals surface area contributed by atoms with E-state index in [4.69, 9.17) is 27.9 Å². The van der Waals surface area contributed by atoms with Gasteiger partial charge in [0.2, 0.25) is 0 Å². The standard InChI is InChI=1S/C10H8O.6CO.2Co/c1-9-4-6-10(7-5-9)3-2-8-11;6*1-2;;/h4-8H,1H3;;;;;;;;. The molecular formula is C16H8Co2O7. The Bertz CT molecular complexity index is 495. The van der Waals surface area contributed by atoms with Crippen molar-refractivity contribution in [2.24, 2.45) is 0 Å². The van der Waals surface area contributed by atoms with Crippen LogP contribution in [-0.2, 0) is 66.3 Å². The number of benzene rings is 1. The Kier molecular flexibility index (Phi) is 159. The van der Waals surface area contributed by atoms with Gasteiger partial charge in [-0.1, -0.05) is 23.6 Å². The maximum atomic E-state index is 9.87. The summed E-state index contributed by atoms with van der Waals surface area (Å²) in [5, 5.41) is 0. The third-order valence-corrected chi connectivity index (χ3v) is 1.33. The van der Waals surface area contributed by atoms with E-state index in [2.05, 4.69) is 51.7 Å². The predicted octanol–water partition coefficient (Wildman–Crippen LogP) is 1.32. The van der Waals surface area contributed by atoms with E-state index < -0.39 is 0 Å². The van der Waals surface area contributed by atoms with Gasteiger partial charge in [0.05, 0.1) is 0 Å². The monoisotopic (exact) mass is 430 g/mol. The van der Waals surface area contributed by atoms with Crippen molar-refractivity contribution in [3.63, 3.8) is 0 Å². The quantitative estimate of drug-likeness (QED) is 0.261. The maximum Gasteiger partial charge on any atom is 0 e. The fraction of sp³-hybridized carbons (Fsp3) is 0.0625. The topological polar surface area (TPSA) is 136 Å². The molecule has 2 radical (unpaired) electrons. The number of carbonyl (C=O) groups is 1. The predicted molar refractivity (Wildman–Crippen MR) is 67.7 cm³/mol. The van der Waals surface area contributed by atoms with E-state index in [9.17, 15) is 4.79 Å². The van der Waals surface area contributed by atoms with Gasteiger partial charge in [-0.05, 0) is 25.0 Å². The van der Waals surface area contributed by atoms with Crippen molar-refractivity contribution < 1.29 is 66.3 Å². The van der Waals surface area contributed by atoms with Crippen molar-refractivity contribution in [1.82, 2.24) is 0 Å². The molecule has 1 rings (SSSR count). The van der Waals surface area contributed by atoms with Crippen LogP contribution in [0.4, 0.5) is 0 Å². The number of carbonyl (C=O) groups excluding carboxylic acids is 1. The van der Waals surface area contributed by atoms with Crippen LogP contribution in [0.3, 0.4) is 0 Å². The second-order valence-electron chi connectivity index (χ2n) is 2.25. The Labute approximate surface area is 166 Å². The van der Waals surface area contributed by atoms with Crippen LogP contribution in [0.5, 0.6) is 0 Å². The van der Waals surface area contributed by atoms with Gasteiger partial charge in [0, 0.05) is 39.1 Å². The molecular weight excluding hydrogens is 422 g/mol. The molecule has 1 aromatic rings.